The highest BCUT2D eigenvalue weighted by Crippen LogP contribution is 2.51. The molecule has 0 atom stereocenters. The minimum absolute atomic E-state index is 0.658. The van der Waals surface area contributed by atoms with Gasteiger partial charge in [-0.3, -0.25) is 0 Å². The predicted octanol–water partition coefficient (Wildman–Crippen LogP) is 11.7. The summed E-state index contributed by atoms with van der Waals surface area (Å²) in [6.45, 7) is 0. The second kappa shape index (κ2) is 10.3. The Hall–Kier alpha value is -5.97. The van der Waals surface area contributed by atoms with E-state index >= 15 is 0 Å². The summed E-state index contributed by atoms with van der Waals surface area (Å²) in [5.74, 6) is 1.98. The van der Waals surface area contributed by atoms with Crippen LogP contribution in [0.15, 0.2) is 152 Å². The summed E-state index contributed by atoms with van der Waals surface area (Å²) < 4.78 is 2.58. The average Bonchev–Trinajstić information content (AvgIpc) is 3.69. The van der Waals surface area contributed by atoms with E-state index in [1.807, 2.05) is 35.6 Å². The van der Waals surface area contributed by atoms with Gasteiger partial charge >= 0.3 is 0 Å². The zero-order chi connectivity index (χ0) is 30.9. The third-order valence-electron chi connectivity index (χ3n) is 9.25. The Labute approximate surface area is 275 Å². The average molecular weight is 616 g/mol. The minimum atomic E-state index is 0.658. The molecule has 0 spiro atoms. The van der Waals surface area contributed by atoms with E-state index in [0.717, 1.165) is 27.8 Å². The zero-order valence-electron chi connectivity index (χ0n) is 25.2. The molecule has 0 saturated heterocycles. The van der Waals surface area contributed by atoms with Crippen LogP contribution < -0.4 is 0 Å². The molecule has 0 radical (unpaired) electrons. The minimum Gasteiger partial charge on any atom is -0.208 e. The fourth-order valence-electron chi connectivity index (χ4n) is 7.06. The maximum Gasteiger partial charge on any atom is 0.164 e. The highest BCUT2D eigenvalue weighted by Gasteiger charge is 2.24. The summed E-state index contributed by atoms with van der Waals surface area (Å²) in [5, 5.41) is 5.18. The number of benzene rings is 7. The lowest BCUT2D eigenvalue weighted by molar-refractivity contribution is 1.07. The van der Waals surface area contributed by atoms with E-state index in [4.69, 9.17) is 15.0 Å². The fourth-order valence-corrected chi connectivity index (χ4v) is 8.25. The molecule has 0 amide bonds. The number of nitrogens with zero attached hydrogens (tertiary/aromatic N) is 3. The van der Waals surface area contributed by atoms with Crippen LogP contribution in [0.3, 0.4) is 0 Å². The summed E-state index contributed by atoms with van der Waals surface area (Å²) >= 11 is 1.87. The normalized spacial score (nSPS) is 11.8. The molecule has 0 bridgehead atoms. The second-order valence-corrected chi connectivity index (χ2v) is 13.1. The van der Waals surface area contributed by atoms with Crippen LogP contribution in [0.4, 0.5) is 0 Å². The summed E-state index contributed by atoms with van der Waals surface area (Å²) in [6, 6.07) is 53.6. The highest BCUT2D eigenvalue weighted by molar-refractivity contribution is 7.26. The quantitative estimate of drug-likeness (QED) is 0.198. The monoisotopic (exact) mass is 615 g/mol. The molecule has 7 aromatic carbocycles. The van der Waals surface area contributed by atoms with Crippen LogP contribution in [0.1, 0.15) is 0 Å². The van der Waals surface area contributed by atoms with Gasteiger partial charge in [-0.1, -0.05) is 121 Å². The van der Waals surface area contributed by atoms with Gasteiger partial charge < -0.3 is 0 Å². The lowest BCUT2D eigenvalue weighted by Gasteiger charge is -2.10. The number of hydrogen-bond donors (Lipinski definition) is 0. The molecule has 1 aliphatic carbocycles. The maximum absolute atomic E-state index is 5.11. The molecule has 0 fully saturated rings. The first-order valence-corrected chi connectivity index (χ1v) is 16.6. The van der Waals surface area contributed by atoms with E-state index in [1.165, 1.54) is 53.2 Å². The zero-order valence-corrected chi connectivity index (χ0v) is 26.0. The predicted molar refractivity (Wildman–Crippen MR) is 196 cm³/mol. The van der Waals surface area contributed by atoms with Crippen molar-refractivity contribution in [3.8, 4) is 67.5 Å². The summed E-state index contributed by atoms with van der Waals surface area (Å²) in [4.78, 5) is 15.2. The van der Waals surface area contributed by atoms with Crippen molar-refractivity contribution in [2.45, 2.75) is 0 Å². The van der Waals surface area contributed by atoms with Crippen LogP contribution >= 0.6 is 11.3 Å². The molecule has 9 aromatic rings. The van der Waals surface area contributed by atoms with Gasteiger partial charge in [0, 0.05) is 42.2 Å². The molecule has 0 aliphatic heterocycles. The lowest BCUT2D eigenvalue weighted by atomic mass is 9.99. The van der Waals surface area contributed by atoms with Crippen LogP contribution in [0.2, 0.25) is 0 Å². The molecule has 10 rings (SSSR count). The third-order valence-corrected chi connectivity index (χ3v) is 10.5. The number of rotatable bonds is 4. The van der Waals surface area contributed by atoms with Gasteiger partial charge in [0.15, 0.2) is 17.5 Å². The second-order valence-electron chi connectivity index (χ2n) is 12.0. The van der Waals surface area contributed by atoms with Gasteiger partial charge in [0.1, 0.15) is 0 Å². The van der Waals surface area contributed by atoms with Crippen molar-refractivity contribution in [2.75, 3.05) is 0 Å². The molecule has 0 N–H and O–H groups in total. The first-order valence-electron chi connectivity index (χ1n) is 15.8. The molecule has 47 heavy (non-hydrogen) atoms. The molecule has 0 saturated carbocycles. The van der Waals surface area contributed by atoms with Crippen molar-refractivity contribution in [1.82, 2.24) is 15.0 Å². The summed E-state index contributed by atoms with van der Waals surface area (Å²) in [6.07, 6.45) is 0. The maximum atomic E-state index is 5.11. The number of thiophene rings is 1. The van der Waals surface area contributed by atoms with Gasteiger partial charge in [0.2, 0.25) is 0 Å². The SMILES string of the molecule is c1ccc(-c2cccc(-c3nc(-c4ccccc4)nc(-c4ccc5sc6c7cccc8c7c(cc6c5c4)-c4ccccc4-8)n3)c2)cc1. The van der Waals surface area contributed by atoms with Crippen LogP contribution in [0, 0.1) is 0 Å². The Balaban J connectivity index is 1.18. The standard InChI is InChI=1S/C43H25N3S/c1-3-11-26(12-4-1)28-15-9-16-29(23-28)42-44-41(27-13-5-2-6-14-27)45-43(46-42)30-21-22-38-35(24-30)37-25-36-32-18-8-7-17-31(32)33-19-10-20-34(39(33)36)40(37)47-38/h1-25H. The highest BCUT2D eigenvalue weighted by atomic mass is 32.1. The van der Waals surface area contributed by atoms with Crippen molar-refractivity contribution < 1.29 is 0 Å². The van der Waals surface area contributed by atoms with Gasteiger partial charge in [-0.15, -0.1) is 11.3 Å². The topological polar surface area (TPSA) is 38.7 Å². The molecule has 218 valence electrons. The van der Waals surface area contributed by atoms with E-state index in [1.54, 1.807) is 0 Å². The first-order chi connectivity index (χ1) is 23.3. The van der Waals surface area contributed by atoms with Crippen LogP contribution in [0.5, 0.6) is 0 Å². The number of fused-ring (bicyclic) bond motifs is 7. The Bertz CT molecular complexity index is 2680. The van der Waals surface area contributed by atoms with E-state index in [9.17, 15) is 0 Å². The van der Waals surface area contributed by atoms with Crippen molar-refractivity contribution in [2.24, 2.45) is 0 Å². The molecule has 3 nitrogen and oxygen atoms in total. The van der Waals surface area contributed by atoms with Crippen LogP contribution in [-0.4, -0.2) is 15.0 Å². The molecule has 1 aliphatic rings. The molecule has 2 aromatic heterocycles. The van der Waals surface area contributed by atoms with E-state index < -0.39 is 0 Å². The summed E-state index contributed by atoms with van der Waals surface area (Å²) in [5.41, 5.74) is 10.5. The Morgan fingerprint density at radius 3 is 1.68 bits per heavy atom. The fraction of sp³-hybridized carbons (Fsp3) is 0. The third kappa shape index (κ3) is 4.16. The van der Waals surface area contributed by atoms with E-state index in [2.05, 4.69) is 127 Å². The number of aromatic nitrogens is 3. The van der Waals surface area contributed by atoms with Crippen molar-refractivity contribution in [1.29, 1.82) is 0 Å². The van der Waals surface area contributed by atoms with E-state index in [0.29, 0.717) is 17.5 Å². The molecular formula is C43H25N3S. The Morgan fingerprint density at radius 1 is 0.340 bits per heavy atom. The Morgan fingerprint density at radius 2 is 0.915 bits per heavy atom. The first kappa shape index (κ1) is 26.3. The van der Waals surface area contributed by atoms with Gasteiger partial charge in [-0.05, 0) is 69.1 Å². The smallest absolute Gasteiger partial charge is 0.164 e. The van der Waals surface area contributed by atoms with Crippen molar-refractivity contribution >= 4 is 42.3 Å². The molecule has 2 heterocycles. The van der Waals surface area contributed by atoms with Crippen LogP contribution in [0.25, 0.3) is 98.5 Å². The number of hydrogen-bond acceptors (Lipinski definition) is 4. The van der Waals surface area contributed by atoms with E-state index in [-0.39, 0.29) is 0 Å². The Kier molecular flexibility index (Phi) is 5.74. The van der Waals surface area contributed by atoms with Gasteiger partial charge in [0.25, 0.3) is 0 Å². The molecular weight excluding hydrogens is 591 g/mol. The van der Waals surface area contributed by atoms with Crippen molar-refractivity contribution in [3.63, 3.8) is 0 Å². The van der Waals surface area contributed by atoms with Gasteiger partial charge in [-0.2, -0.15) is 0 Å². The molecule has 0 unspecified atom stereocenters. The van der Waals surface area contributed by atoms with Crippen molar-refractivity contribution in [3.05, 3.63) is 152 Å². The molecule has 4 heteroatoms. The van der Waals surface area contributed by atoms with Gasteiger partial charge in [-0.25, -0.2) is 15.0 Å². The van der Waals surface area contributed by atoms with Gasteiger partial charge in [0.05, 0.1) is 0 Å². The largest absolute Gasteiger partial charge is 0.208 e. The van der Waals surface area contributed by atoms with Crippen LogP contribution in [-0.2, 0) is 0 Å². The lowest BCUT2D eigenvalue weighted by Crippen LogP contribution is -2.00. The summed E-state index contributed by atoms with van der Waals surface area (Å²) in [7, 11) is 0.